The number of aryl methyl sites for hydroxylation is 1. The summed E-state index contributed by atoms with van der Waals surface area (Å²) in [5.41, 5.74) is 3.84. The number of amides is 2. The number of aromatic nitrogens is 4. The molecule has 0 aliphatic heterocycles. The van der Waals surface area contributed by atoms with Crippen LogP contribution in [0.25, 0.3) is 22.5 Å². The van der Waals surface area contributed by atoms with Gasteiger partial charge < -0.3 is 19.8 Å². The fraction of sp³-hybridized carbons (Fsp3) is 0.323. The number of carbonyl (C=O) groups is 2. The van der Waals surface area contributed by atoms with E-state index in [0.717, 1.165) is 41.5 Å². The van der Waals surface area contributed by atoms with Crippen LogP contribution in [0.2, 0.25) is 5.02 Å². The van der Waals surface area contributed by atoms with Gasteiger partial charge in [-0.25, -0.2) is 0 Å². The van der Waals surface area contributed by atoms with Gasteiger partial charge in [-0.3, -0.25) is 14.4 Å². The van der Waals surface area contributed by atoms with Gasteiger partial charge in [-0.15, -0.1) is 10.2 Å². The lowest BCUT2D eigenvalue weighted by Crippen LogP contribution is -2.48. The van der Waals surface area contributed by atoms with Crippen LogP contribution in [-0.2, 0) is 23.1 Å². The highest BCUT2D eigenvalue weighted by Gasteiger charge is 2.30. The molecular weight excluding hydrogens is 540 g/mol. The molecule has 41 heavy (non-hydrogen) atoms. The van der Waals surface area contributed by atoms with Crippen LogP contribution in [0.5, 0.6) is 0 Å². The van der Waals surface area contributed by atoms with Crippen LogP contribution in [0.15, 0.2) is 71.9 Å². The zero-order valence-electron chi connectivity index (χ0n) is 23.3. The summed E-state index contributed by atoms with van der Waals surface area (Å²) in [6.07, 6.45) is 6.32. The van der Waals surface area contributed by atoms with Crippen LogP contribution in [0.1, 0.15) is 44.7 Å². The molecule has 212 valence electrons. The molecule has 2 amide bonds. The Labute approximate surface area is 243 Å². The first-order valence-corrected chi connectivity index (χ1v) is 14.1. The first-order chi connectivity index (χ1) is 19.7. The van der Waals surface area contributed by atoms with E-state index in [-0.39, 0.29) is 35.8 Å². The molecule has 0 saturated heterocycles. The molecule has 1 aliphatic carbocycles. The Bertz CT molecular complexity index is 1620. The number of rotatable bonds is 9. The third-order valence-electron chi connectivity index (χ3n) is 7.53. The Kier molecular flexibility index (Phi) is 8.35. The van der Waals surface area contributed by atoms with Gasteiger partial charge in [0.2, 0.25) is 11.8 Å². The summed E-state index contributed by atoms with van der Waals surface area (Å²) in [4.78, 5) is 38.7. The van der Waals surface area contributed by atoms with Crippen molar-refractivity contribution in [2.24, 2.45) is 13.0 Å². The van der Waals surface area contributed by atoms with E-state index in [1.807, 2.05) is 55.9 Å². The molecule has 4 aromatic rings. The van der Waals surface area contributed by atoms with Gasteiger partial charge in [-0.2, -0.15) is 0 Å². The average molecular weight is 573 g/mol. The van der Waals surface area contributed by atoms with Crippen LogP contribution in [0.4, 0.5) is 5.69 Å². The predicted octanol–water partition coefficient (Wildman–Crippen LogP) is 5.01. The van der Waals surface area contributed by atoms with E-state index in [4.69, 9.17) is 11.6 Å². The maximum atomic E-state index is 13.5. The summed E-state index contributed by atoms with van der Waals surface area (Å²) in [7, 11) is 1.86. The third kappa shape index (κ3) is 6.41. The lowest BCUT2D eigenvalue weighted by Gasteiger charge is -2.27. The van der Waals surface area contributed by atoms with Gasteiger partial charge in [-0.05, 0) is 85.8 Å². The minimum atomic E-state index is -0.834. The highest BCUT2D eigenvalue weighted by atomic mass is 35.5. The van der Waals surface area contributed by atoms with Gasteiger partial charge in [0.1, 0.15) is 12.4 Å². The molecule has 1 atom stereocenters. The molecule has 2 heterocycles. The zero-order chi connectivity index (χ0) is 29.1. The van der Waals surface area contributed by atoms with Crippen molar-refractivity contribution in [1.29, 1.82) is 0 Å². The molecule has 0 spiro atoms. The predicted molar refractivity (Wildman–Crippen MR) is 160 cm³/mol. The Morgan fingerprint density at radius 1 is 1.02 bits per heavy atom. The van der Waals surface area contributed by atoms with Crippen LogP contribution in [0.3, 0.4) is 0 Å². The van der Waals surface area contributed by atoms with Crippen molar-refractivity contribution in [3.63, 3.8) is 0 Å². The van der Waals surface area contributed by atoms with Gasteiger partial charge in [-0.1, -0.05) is 24.1 Å². The van der Waals surface area contributed by atoms with E-state index in [1.54, 1.807) is 41.2 Å². The standard InChI is InChI=1S/C31H33ClN6O3/c1-19(2)38-17-23(10-14-28(38)39)22-9-13-26(32)24(15-22)16-27(35-30(40)21-5-4-6-21)31(41)34-25-11-7-20(8-12-25)29-36-33-18-37(29)3/h7-15,17-19,21,27H,4-6,16H2,1-3H3,(H,34,41)(H,35,40)/t27-/m0/s1. The van der Waals surface area contributed by atoms with Crippen molar-refractivity contribution in [3.05, 3.63) is 88.1 Å². The molecule has 1 saturated carbocycles. The summed E-state index contributed by atoms with van der Waals surface area (Å²) in [6.45, 7) is 3.91. The lowest BCUT2D eigenvalue weighted by molar-refractivity contribution is -0.131. The number of carbonyl (C=O) groups excluding carboxylic acids is 2. The summed E-state index contributed by atoms with van der Waals surface area (Å²) >= 11 is 6.60. The Morgan fingerprint density at radius 2 is 1.73 bits per heavy atom. The number of nitrogens with one attached hydrogen (secondary N) is 2. The summed E-state index contributed by atoms with van der Waals surface area (Å²) in [5, 5.41) is 14.4. The van der Waals surface area contributed by atoms with Gasteiger partial charge in [0.15, 0.2) is 5.82 Å². The lowest BCUT2D eigenvalue weighted by atomic mass is 9.84. The number of pyridine rings is 1. The van der Waals surface area contributed by atoms with E-state index in [0.29, 0.717) is 16.5 Å². The van der Waals surface area contributed by atoms with E-state index >= 15 is 0 Å². The van der Waals surface area contributed by atoms with Crippen molar-refractivity contribution < 1.29 is 9.59 Å². The highest BCUT2D eigenvalue weighted by Crippen LogP contribution is 2.29. The fourth-order valence-corrected chi connectivity index (χ4v) is 5.05. The monoisotopic (exact) mass is 572 g/mol. The molecule has 2 N–H and O–H groups in total. The van der Waals surface area contributed by atoms with Gasteiger partial charge in [0.05, 0.1) is 0 Å². The van der Waals surface area contributed by atoms with Crippen molar-refractivity contribution >= 4 is 29.1 Å². The van der Waals surface area contributed by atoms with E-state index < -0.39 is 6.04 Å². The summed E-state index contributed by atoms with van der Waals surface area (Å²) < 4.78 is 3.49. The maximum absolute atomic E-state index is 13.5. The Balaban J connectivity index is 1.39. The van der Waals surface area contributed by atoms with Crippen molar-refractivity contribution in [2.75, 3.05) is 5.32 Å². The quantitative estimate of drug-likeness (QED) is 0.293. The number of nitrogens with zero attached hydrogens (tertiary/aromatic N) is 4. The normalized spacial score (nSPS) is 14.0. The van der Waals surface area contributed by atoms with Crippen LogP contribution in [-0.4, -0.2) is 37.2 Å². The largest absolute Gasteiger partial charge is 0.344 e. The molecule has 10 heteroatoms. The third-order valence-corrected chi connectivity index (χ3v) is 7.90. The molecule has 1 aliphatic rings. The fourth-order valence-electron chi connectivity index (χ4n) is 4.85. The minimum absolute atomic E-state index is 0.0125. The second kappa shape index (κ2) is 12.1. The molecule has 0 unspecified atom stereocenters. The van der Waals surface area contributed by atoms with Crippen molar-refractivity contribution in [2.45, 2.75) is 51.6 Å². The Hall–Kier alpha value is -4.24. The van der Waals surface area contributed by atoms with Crippen LogP contribution >= 0.6 is 11.6 Å². The van der Waals surface area contributed by atoms with Crippen molar-refractivity contribution in [3.8, 4) is 22.5 Å². The number of halogens is 1. The van der Waals surface area contributed by atoms with Crippen LogP contribution < -0.4 is 16.2 Å². The molecule has 2 aromatic carbocycles. The van der Waals surface area contributed by atoms with E-state index in [2.05, 4.69) is 20.8 Å². The molecular formula is C31H33ClN6O3. The smallest absolute Gasteiger partial charge is 0.250 e. The van der Waals surface area contributed by atoms with Gasteiger partial charge in [0.25, 0.3) is 5.56 Å². The Morgan fingerprint density at radius 3 is 2.37 bits per heavy atom. The number of hydrogen-bond acceptors (Lipinski definition) is 5. The SMILES string of the molecule is CC(C)n1cc(-c2ccc(Cl)c(C[C@H](NC(=O)C3CCC3)C(=O)Nc3ccc(-c4nncn4C)cc3)c2)ccc1=O. The topological polar surface area (TPSA) is 111 Å². The molecule has 0 radical (unpaired) electrons. The van der Waals surface area contributed by atoms with Gasteiger partial charge >= 0.3 is 0 Å². The highest BCUT2D eigenvalue weighted by molar-refractivity contribution is 6.31. The first kappa shape index (κ1) is 28.3. The van der Waals surface area contributed by atoms with E-state index in [9.17, 15) is 14.4 Å². The first-order valence-electron chi connectivity index (χ1n) is 13.8. The molecule has 0 bridgehead atoms. The second-order valence-electron chi connectivity index (χ2n) is 10.8. The average Bonchev–Trinajstić information content (AvgIpc) is 3.34. The molecule has 5 rings (SSSR count). The zero-order valence-corrected chi connectivity index (χ0v) is 24.1. The maximum Gasteiger partial charge on any atom is 0.250 e. The molecule has 1 fully saturated rings. The second-order valence-corrected chi connectivity index (χ2v) is 11.2. The number of benzene rings is 2. The summed E-state index contributed by atoms with van der Waals surface area (Å²) in [6, 6.07) is 15.4. The van der Waals surface area contributed by atoms with E-state index in [1.165, 1.54) is 0 Å². The molecule has 9 nitrogen and oxygen atoms in total. The van der Waals surface area contributed by atoms with Crippen molar-refractivity contribution in [1.82, 2.24) is 24.6 Å². The minimum Gasteiger partial charge on any atom is -0.344 e. The van der Waals surface area contributed by atoms with Gasteiger partial charge in [0, 0.05) is 54.0 Å². The molecule has 2 aromatic heterocycles. The number of anilines is 1. The van der Waals surface area contributed by atoms with Crippen LogP contribution in [0, 0.1) is 5.92 Å². The summed E-state index contributed by atoms with van der Waals surface area (Å²) in [5.74, 6) is 0.186. The number of hydrogen-bond donors (Lipinski definition) is 2.